The Balaban J connectivity index is 2.43. The van der Waals surface area contributed by atoms with Gasteiger partial charge in [-0.05, 0) is 11.6 Å². The molecule has 0 spiro atoms. The predicted octanol–water partition coefficient (Wildman–Crippen LogP) is 2.60. The summed E-state index contributed by atoms with van der Waals surface area (Å²) in [5.41, 5.74) is 1.71. The fraction of sp³-hybridized carbons (Fsp3) is 0. The number of nitrogens with zero attached hydrogens (tertiary/aromatic N) is 2. The summed E-state index contributed by atoms with van der Waals surface area (Å²) in [4.78, 5) is 18.1. The first-order chi connectivity index (χ1) is 7.68. The van der Waals surface area contributed by atoms with Gasteiger partial charge in [-0.15, -0.1) is 0 Å². The number of rotatable bonds is 2. The first kappa shape index (κ1) is 10.8. The Morgan fingerprint density at radius 3 is 2.38 bits per heavy atom. The summed E-state index contributed by atoms with van der Waals surface area (Å²) >= 11 is 3.41. The molecule has 0 atom stereocenters. The van der Waals surface area contributed by atoms with Gasteiger partial charge in [-0.2, -0.15) is 0 Å². The van der Waals surface area contributed by atoms with Crippen molar-refractivity contribution in [3.63, 3.8) is 0 Å². The molecule has 0 amide bonds. The number of carboxylic acids is 1. The van der Waals surface area contributed by atoms with Gasteiger partial charge in [-0.1, -0.05) is 34.1 Å². The minimum atomic E-state index is -1.13. The van der Waals surface area contributed by atoms with Crippen molar-refractivity contribution in [3.05, 3.63) is 47.0 Å². The zero-order chi connectivity index (χ0) is 11.5. The summed E-state index contributed by atoms with van der Waals surface area (Å²) in [6, 6.07) is 7.61. The van der Waals surface area contributed by atoms with Crippen molar-refractivity contribution in [1.29, 1.82) is 0 Å². The molecule has 16 heavy (non-hydrogen) atoms. The average Bonchev–Trinajstić information content (AvgIpc) is 2.30. The summed E-state index contributed by atoms with van der Waals surface area (Å²) in [6.45, 7) is 0. The van der Waals surface area contributed by atoms with Crippen molar-refractivity contribution in [3.8, 4) is 11.1 Å². The maximum Gasteiger partial charge on any atom is 0.373 e. The average molecular weight is 279 g/mol. The largest absolute Gasteiger partial charge is 0.475 e. The van der Waals surface area contributed by atoms with E-state index in [4.69, 9.17) is 5.11 Å². The van der Waals surface area contributed by atoms with Crippen LogP contribution < -0.4 is 0 Å². The number of aromatic carboxylic acids is 1. The van der Waals surface area contributed by atoms with E-state index >= 15 is 0 Å². The van der Waals surface area contributed by atoms with Crippen molar-refractivity contribution in [2.45, 2.75) is 0 Å². The van der Waals surface area contributed by atoms with Crippen LogP contribution in [0, 0.1) is 0 Å². The third kappa shape index (κ3) is 2.09. The number of hydrogen-bond donors (Lipinski definition) is 1. The van der Waals surface area contributed by atoms with Crippen LogP contribution in [0.3, 0.4) is 0 Å². The number of aromatic nitrogens is 2. The highest BCUT2D eigenvalue weighted by molar-refractivity contribution is 9.10. The molecule has 0 aliphatic heterocycles. The minimum absolute atomic E-state index is 0.198. The van der Waals surface area contributed by atoms with Gasteiger partial charge in [0.1, 0.15) is 0 Å². The van der Waals surface area contributed by atoms with Crippen molar-refractivity contribution in [2.75, 3.05) is 0 Å². The second kappa shape index (κ2) is 4.40. The van der Waals surface area contributed by atoms with E-state index in [2.05, 4.69) is 25.9 Å². The van der Waals surface area contributed by atoms with Crippen LogP contribution in [0.4, 0.5) is 0 Å². The maximum absolute atomic E-state index is 10.6. The summed E-state index contributed by atoms with van der Waals surface area (Å²) in [5.74, 6) is -1.32. The quantitative estimate of drug-likeness (QED) is 0.917. The highest BCUT2D eigenvalue weighted by atomic mass is 79.9. The molecule has 5 heteroatoms. The Bertz CT molecular complexity index is 526. The van der Waals surface area contributed by atoms with E-state index in [0.717, 1.165) is 15.6 Å². The second-order valence-electron chi connectivity index (χ2n) is 3.08. The van der Waals surface area contributed by atoms with E-state index in [1.165, 1.54) is 12.4 Å². The van der Waals surface area contributed by atoms with E-state index < -0.39 is 5.97 Å². The molecule has 1 N–H and O–H groups in total. The third-order valence-electron chi connectivity index (χ3n) is 2.03. The number of carboxylic acid groups (broad SMARTS) is 1. The summed E-state index contributed by atoms with van der Waals surface area (Å²) < 4.78 is 0.918. The lowest BCUT2D eigenvalue weighted by Crippen LogP contribution is -2.03. The van der Waals surface area contributed by atoms with Crippen LogP contribution in [0.5, 0.6) is 0 Å². The molecule has 2 aromatic rings. The van der Waals surface area contributed by atoms with Crippen molar-refractivity contribution >= 4 is 21.9 Å². The number of benzene rings is 1. The second-order valence-corrected chi connectivity index (χ2v) is 3.93. The molecule has 2 rings (SSSR count). The zero-order valence-corrected chi connectivity index (χ0v) is 9.68. The molecule has 1 heterocycles. The molecule has 4 nitrogen and oxygen atoms in total. The maximum atomic E-state index is 10.6. The van der Waals surface area contributed by atoms with E-state index in [-0.39, 0.29) is 5.82 Å². The number of carbonyl (C=O) groups is 1. The van der Waals surface area contributed by atoms with Crippen molar-refractivity contribution in [2.24, 2.45) is 0 Å². The molecule has 0 saturated carbocycles. The lowest BCUT2D eigenvalue weighted by atomic mass is 10.1. The van der Waals surface area contributed by atoms with Crippen LogP contribution >= 0.6 is 15.9 Å². The van der Waals surface area contributed by atoms with E-state index in [0.29, 0.717) is 0 Å². The molecular formula is C11H7BrN2O2. The smallest absolute Gasteiger partial charge is 0.373 e. The Kier molecular flexibility index (Phi) is 2.96. The van der Waals surface area contributed by atoms with Crippen molar-refractivity contribution in [1.82, 2.24) is 9.97 Å². The normalized spacial score (nSPS) is 10.1. The number of hydrogen-bond acceptors (Lipinski definition) is 3. The minimum Gasteiger partial charge on any atom is -0.475 e. The molecule has 0 aliphatic carbocycles. The molecule has 0 aliphatic rings. The third-order valence-corrected chi connectivity index (χ3v) is 2.72. The standard InChI is InChI=1S/C11H7BrN2O2/c12-9-4-2-1-3-8(9)7-5-13-10(11(15)16)14-6-7/h1-6H,(H,15,16). The molecule has 80 valence electrons. The van der Waals surface area contributed by atoms with Gasteiger partial charge in [-0.3, -0.25) is 0 Å². The predicted molar refractivity (Wildman–Crippen MR) is 62.1 cm³/mol. The van der Waals surface area contributed by atoms with Gasteiger partial charge in [-0.25, -0.2) is 14.8 Å². The molecule has 0 bridgehead atoms. The van der Waals surface area contributed by atoms with Crippen LogP contribution in [-0.2, 0) is 0 Å². The highest BCUT2D eigenvalue weighted by Crippen LogP contribution is 2.26. The van der Waals surface area contributed by atoms with Gasteiger partial charge in [0.05, 0.1) is 0 Å². The Morgan fingerprint density at radius 2 is 1.81 bits per heavy atom. The lowest BCUT2D eigenvalue weighted by molar-refractivity contribution is 0.0683. The number of halogens is 1. The molecule has 0 unspecified atom stereocenters. The fourth-order valence-corrected chi connectivity index (χ4v) is 1.79. The lowest BCUT2D eigenvalue weighted by Gasteiger charge is -2.03. The van der Waals surface area contributed by atoms with Crippen LogP contribution in [0.1, 0.15) is 10.6 Å². The molecule has 0 fully saturated rings. The molecule has 1 aromatic carbocycles. The zero-order valence-electron chi connectivity index (χ0n) is 8.09. The highest BCUT2D eigenvalue weighted by Gasteiger charge is 2.07. The van der Waals surface area contributed by atoms with E-state index in [9.17, 15) is 4.79 Å². The van der Waals surface area contributed by atoms with Crippen LogP contribution in [0.25, 0.3) is 11.1 Å². The topological polar surface area (TPSA) is 63.1 Å². The first-order valence-electron chi connectivity index (χ1n) is 4.49. The Labute approximate surface area is 100 Å². The van der Waals surface area contributed by atoms with Gasteiger partial charge >= 0.3 is 5.97 Å². The van der Waals surface area contributed by atoms with E-state index in [1.54, 1.807) is 0 Å². The summed E-state index contributed by atoms with van der Waals surface area (Å²) in [6.07, 6.45) is 2.99. The monoisotopic (exact) mass is 278 g/mol. The van der Waals surface area contributed by atoms with Gasteiger partial charge in [0.25, 0.3) is 0 Å². The van der Waals surface area contributed by atoms with Crippen LogP contribution in [-0.4, -0.2) is 21.0 Å². The fourth-order valence-electron chi connectivity index (χ4n) is 1.27. The Morgan fingerprint density at radius 1 is 1.19 bits per heavy atom. The van der Waals surface area contributed by atoms with Crippen molar-refractivity contribution < 1.29 is 9.90 Å². The van der Waals surface area contributed by atoms with Gasteiger partial charge in [0, 0.05) is 22.4 Å². The van der Waals surface area contributed by atoms with E-state index in [1.807, 2.05) is 24.3 Å². The van der Waals surface area contributed by atoms with Crippen LogP contribution in [0.2, 0.25) is 0 Å². The van der Waals surface area contributed by atoms with Gasteiger partial charge in [0.15, 0.2) is 0 Å². The summed E-state index contributed by atoms with van der Waals surface area (Å²) in [5, 5.41) is 8.67. The molecule has 1 aromatic heterocycles. The van der Waals surface area contributed by atoms with Gasteiger partial charge < -0.3 is 5.11 Å². The SMILES string of the molecule is O=C(O)c1ncc(-c2ccccc2Br)cn1. The molecular weight excluding hydrogens is 272 g/mol. The van der Waals surface area contributed by atoms with Gasteiger partial charge in [0.2, 0.25) is 5.82 Å². The van der Waals surface area contributed by atoms with Crippen LogP contribution in [0.15, 0.2) is 41.1 Å². The molecule has 0 saturated heterocycles. The molecule has 0 radical (unpaired) electrons. The summed E-state index contributed by atoms with van der Waals surface area (Å²) in [7, 11) is 0. The first-order valence-corrected chi connectivity index (χ1v) is 5.28. The Hall–Kier alpha value is -1.75.